The van der Waals surface area contributed by atoms with Gasteiger partial charge in [0, 0.05) is 22.5 Å². The molecule has 27 heavy (non-hydrogen) atoms. The molecule has 0 unspecified atom stereocenters. The summed E-state index contributed by atoms with van der Waals surface area (Å²) in [5, 5.41) is 5.61. The monoisotopic (exact) mass is 388 g/mol. The zero-order chi connectivity index (χ0) is 19.2. The molecule has 7 heteroatoms. The maximum absolute atomic E-state index is 13.2. The van der Waals surface area contributed by atoms with Gasteiger partial charge in [0.15, 0.2) is 0 Å². The van der Waals surface area contributed by atoms with Gasteiger partial charge >= 0.3 is 6.03 Å². The Hall–Kier alpha value is -3.12. The molecule has 0 aliphatic heterocycles. The van der Waals surface area contributed by atoms with Crippen LogP contribution in [0.5, 0.6) is 5.75 Å². The van der Waals surface area contributed by atoms with Gasteiger partial charge in [0.1, 0.15) is 24.0 Å². The molecule has 0 saturated heterocycles. The first-order valence-corrected chi connectivity index (χ1v) is 8.37. The third kappa shape index (κ3) is 5.69. The lowest BCUT2D eigenvalue weighted by Crippen LogP contribution is -2.19. The van der Waals surface area contributed by atoms with Crippen LogP contribution < -0.4 is 15.4 Å². The predicted molar refractivity (Wildman–Crippen MR) is 101 cm³/mol. The van der Waals surface area contributed by atoms with E-state index in [1.807, 2.05) is 6.07 Å². The number of nitrogens with one attached hydrogen (secondary N) is 2. The lowest BCUT2D eigenvalue weighted by atomic mass is 10.2. The van der Waals surface area contributed by atoms with Crippen molar-refractivity contribution in [1.82, 2.24) is 0 Å². The highest BCUT2D eigenvalue weighted by Gasteiger charge is 2.06. The van der Waals surface area contributed by atoms with Crippen molar-refractivity contribution in [2.24, 2.45) is 0 Å². The van der Waals surface area contributed by atoms with Gasteiger partial charge in [0.2, 0.25) is 0 Å². The fourth-order valence-electron chi connectivity index (χ4n) is 2.36. The summed E-state index contributed by atoms with van der Waals surface area (Å²) >= 11 is 5.83. The normalized spacial score (nSPS) is 10.3. The molecule has 0 radical (unpaired) electrons. The molecular formula is C20H15ClF2N2O2. The Morgan fingerprint density at radius 2 is 1.56 bits per heavy atom. The lowest BCUT2D eigenvalue weighted by Gasteiger charge is -2.10. The van der Waals surface area contributed by atoms with Crippen LogP contribution in [0.15, 0.2) is 66.7 Å². The minimum absolute atomic E-state index is 0.0206. The molecule has 0 heterocycles. The molecule has 4 nitrogen and oxygen atoms in total. The Morgan fingerprint density at radius 1 is 0.889 bits per heavy atom. The maximum atomic E-state index is 13.2. The summed E-state index contributed by atoms with van der Waals surface area (Å²) in [6.45, 7) is 0.299. The number of ether oxygens (including phenoxy) is 1. The van der Waals surface area contributed by atoms with Gasteiger partial charge in [-0.3, -0.25) is 0 Å². The molecule has 0 aromatic heterocycles. The number of carbonyl (C=O) groups excluding carboxylic acids is 1. The van der Waals surface area contributed by atoms with Crippen molar-refractivity contribution in [3.8, 4) is 5.75 Å². The highest BCUT2D eigenvalue weighted by atomic mass is 35.5. The third-order valence-corrected chi connectivity index (χ3v) is 3.78. The van der Waals surface area contributed by atoms with Gasteiger partial charge in [-0.05, 0) is 54.1 Å². The molecule has 0 saturated carbocycles. The summed E-state index contributed by atoms with van der Waals surface area (Å²) in [4.78, 5) is 12.0. The van der Waals surface area contributed by atoms with E-state index in [1.165, 1.54) is 0 Å². The Balaban J connectivity index is 1.59. The number of anilines is 2. The molecule has 0 aliphatic rings. The van der Waals surface area contributed by atoms with E-state index in [0.29, 0.717) is 23.1 Å². The fraction of sp³-hybridized carbons (Fsp3) is 0.0500. The summed E-state index contributed by atoms with van der Waals surface area (Å²) in [7, 11) is 0. The highest BCUT2D eigenvalue weighted by Crippen LogP contribution is 2.18. The molecule has 0 spiro atoms. The van der Waals surface area contributed by atoms with Crippen LogP contribution in [0.4, 0.5) is 25.0 Å². The van der Waals surface area contributed by atoms with Crippen LogP contribution in [0.2, 0.25) is 5.02 Å². The van der Waals surface area contributed by atoms with E-state index in [-0.39, 0.29) is 5.69 Å². The zero-order valence-corrected chi connectivity index (χ0v) is 14.8. The lowest BCUT2D eigenvalue weighted by molar-refractivity contribution is 0.262. The van der Waals surface area contributed by atoms with E-state index in [0.717, 1.165) is 23.8 Å². The summed E-state index contributed by atoms with van der Waals surface area (Å²) < 4.78 is 32.0. The Bertz CT molecular complexity index is 929. The van der Waals surface area contributed by atoms with Gasteiger partial charge < -0.3 is 15.4 Å². The molecule has 0 atom stereocenters. The van der Waals surface area contributed by atoms with Crippen molar-refractivity contribution in [2.45, 2.75) is 6.61 Å². The third-order valence-electron chi connectivity index (χ3n) is 3.52. The quantitative estimate of drug-likeness (QED) is 0.576. The second-order valence-electron chi connectivity index (χ2n) is 5.68. The molecule has 3 aromatic rings. The van der Waals surface area contributed by atoms with Gasteiger partial charge in [-0.2, -0.15) is 0 Å². The van der Waals surface area contributed by atoms with E-state index in [1.54, 1.807) is 42.5 Å². The molecule has 3 aromatic carbocycles. The fourth-order valence-corrected chi connectivity index (χ4v) is 2.48. The first-order chi connectivity index (χ1) is 13.0. The molecule has 3 rings (SSSR count). The van der Waals surface area contributed by atoms with Crippen LogP contribution in [0.1, 0.15) is 5.56 Å². The van der Waals surface area contributed by atoms with Crippen LogP contribution in [-0.4, -0.2) is 6.03 Å². The minimum atomic E-state index is -0.772. The Labute approximate surface area is 159 Å². The topological polar surface area (TPSA) is 50.4 Å². The summed E-state index contributed by atoms with van der Waals surface area (Å²) in [6, 6.07) is 16.2. The number of hydrogen-bond donors (Lipinski definition) is 2. The number of amides is 2. The second-order valence-corrected chi connectivity index (χ2v) is 6.12. The van der Waals surface area contributed by atoms with E-state index in [9.17, 15) is 13.6 Å². The molecule has 2 amide bonds. The molecule has 0 fully saturated rings. The van der Waals surface area contributed by atoms with Crippen molar-refractivity contribution < 1.29 is 18.3 Å². The molecule has 2 N–H and O–H groups in total. The highest BCUT2D eigenvalue weighted by molar-refractivity contribution is 6.30. The van der Waals surface area contributed by atoms with Crippen LogP contribution >= 0.6 is 11.6 Å². The van der Waals surface area contributed by atoms with Gasteiger partial charge in [-0.25, -0.2) is 13.6 Å². The molecular weight excluding hydrogens is 374 g/mol. The number of benzene rings is 3. The predicted octanol–water partition coefficient (Wildman–Crippen LogP) is 5.84. The van der Waals surface area contributed by atoms with Gasteiger partial charge in [0.05, 0.1) is 0 Å². The Kier molecular flexibility index (Phi) is 5.88. The first kappa shape index (κ1) is 18.7. The van der Waals surface area contributed by atoms with E-state index in [2.05, 4.69) is 10.6 Å². The van der Waals surface area contributed by atoms with Crippen molar-refractivity contribution in [3.05, 3.63) is 89.0 Å². The smallest absolute Gasteiger partial charge is 0.323 e. The van der Waals surface area contributed by atoms with Crippen molar-refractivity contribution in [3.63, 3.8) is 0 Å². The van der Waals surface area contributed by atoms with Crippen LogP contribution in [0.3, 0.4) is 0 Å². The maximum Gasteiger partial charge on any atom is 0.323 e. The zero-order valence-electron chi connectivity index (χ0n) is 14.0. The number of hydrogen-bond acceptors (Lipinski definition) is 2. The van der Waals surface area contributed by atoms with Crippen molar-refractivity contribution >= 4 is 29.0 Å². The van der Waals surface area contributed by atoms with E-state index >= 15 is 0 Å². The molecule has 0 bridgehead atoms. The molecule has 0 aliphatic carbocycles. The van der Waals surface area contributed by atoms with Crippen LogP contribution in [-0.2, 0) is 6.61 Å². The second kappa shape index (κ2) is 8.51. The summed E-state index contributed by atoms with van der Waals surface area (Å²) in [5.74, 6) is -0.873. The van der Waals surface area contributed by atoms with Gasteiger partial charge in [-0.1, -0.05) is 23.7 Å². The summed E-state index contributed by atoms with van der Waals surface area (Å²) in [5.41, 5.74) is 1.37. The number of urea groups is 1. The van der Waals surface area contributed by atoms with Gasteiger partial charge in [-0.15, -0.1) is 0 Å². The van der Waals surface area contributed by atoms with Gasteiger partial charge in [0.25, 0.3) is 0 Å². The number of carbonyl (C=O) groups is 1. The Morgan fingerprint density at radius 3 is 2.26 bits per heavy atom. The minimum Gasteiger partial charge on any atom is -0.489 e. The number of rotatable bonds is 5. The van der Waals surface area contributed by atoms with E-state index < -0.39 is 17.7 Å². The average Bonchev–Trinajstić information content (AvgIpc) is 2.60. The summed E-state index contributed by atoms with van der Waals surface area (Å²) in [6.07, 6.45) is 0. The van der Waals surface area contributed by atoms with Crippen LogP contribution in [0, 0.1) is 11.6 Å². The SMILES string of the molecule is O=C(Nc1cc(F)cc(F)c1)Nc1cccc(COc2ccc(Cl)cc2)c1. The average molecular weight is 389 g/mol. The number of halogens is 3. The molecule has 138 valence electrons. The van der Waals surface area contributed by atoms with Crippen LogP contribution in [0.25, 0.3) is 0 Å². The van der Waals surface area contributed by atoms with E-state index in [4.69, 9.17) is 16.3 Å². The largest absolute Gasteiger partial charge is 0.489 e. The van der Waals surface area contributed by atoms with Crippen molar-refractivity contribution in [1.29, 1.82) is 0 Å². The first-order valence-electron chi connectivity index (χ1n) is 7.99. The van der Waals surface area contributed by atoms with Crippen molar-refractivity contribution in [2.75, 3.05) is 10.6 Å². The standard InChI is InChI=1S/C20H15ClF2N2O2/c21-14-4-6-19(7-5-14)27-12-13-2-1-3-17(8-13)24-20(26)25-18-10-15(22)9-16(23)11-18/h1-11H,12H2,(H2,24,25,26).